The molecule has 12 heteroatoms. The first-order valence-electron chi connectivity index (χ1n) is 11.8. The molecule has 0 saturated heterocycles. The van der Waals surface area contributed by atoms with Gasteiger partial charge in [0.1, 0.15) is 23.8 Å². The molecule has 2 N–H and O–H groups in total. The lowest BCUT2D eigenvalue weighted by molar-refractivity contribution is -0.120. The zero-order chi connectivity index (χ0) is 27.5. The van der Waals surface area contributed by atoms with Crippen LogP contribution in [-0.2, 0) is 12.5 Å². The number of hydrogen-bond acceptors (Lipinski definition) is 7. The van der Waals surface area contributed by atoms with Crippen molar-refractivity contribution in [2.24, 2.45) is 0 Å². The van der Waals surface area contributed by atoms with E-state index in [2.05, 4.69) is 10.1 Å². The summed E-state index contributed by atoms with van der Waals surface area (Å²) >= 11 is 12.8. The van der Waals surface area contributed by atoms with Crippen LogP contribution in [0.1, 0.15) is 57.8 Å². The van der Waals surface area contributed by atoms with E-state index >= 15 is 8.78 Å². The van der Waals surface area contributed by atoms with E-state index < -0.39 is 23.7 Å². The minimum Gasteiger partial charge on any atom is -0.478 e. The van der Waals surface area contributed by atoms with E-state index in [-0.39, 0.29) is 41.0 Å². The molecule has 4 aromatic rings. The third-order valence-electron chi connectivity index (χ3n) is 6.60. The molecule has 2 aromatic carbocycles. The normalized spacial score (nSPS) is 17.5. The van der Waals surface area contributed by atoms with Gasteiger partial charge in [0.15, 0.2) is 17.5 Å². The van der Waals surface area contributed by atoms with Crippen LogP contribution in [0, 0.1) is 0 Å². The van der Waals surface area contributed by atoms with E-state index in [4.69, 9.17) is 37.2 Å². The number of rotatable bonds is 6. The number of fused-ring (bicyclic) bond motifs is 2. The van der Waals surface area contributed by atoms with E-state index in [1.165, 1.54) is 12.1 Å². The van der Waals surface area contributed by atoms with E-state index in [1.54, 1.807) is 18.2 Å². The Morgan fingerprint density at radius 3 is 2.54 bits per heavy atom. The first kappa shape index (κ1) is 25.5. The van der Waals surface area contributed by atoms with Crippen molar-refractivity contribution in [2.45, 2.75) is 37.4 Å². The Morgan fingerprint density at radius 2 is 1.85 bits per heavy atom. The standard InChI is InChI=1S/C27H18Cl2F2N2O6/c28-16-2-1-3-17(29)21(16)22-15(23(39-33-22)12-4-5-12)11-37-20-9-8-18-24(32-20)27(30,31)25(34)14-7-6-13(26(35)36)10-19(14)38-18/h1-3,6-10,12,25,34H,4-5,11H2,(H,35,36). The number of hydrogen-bond donors (Lipinski definition) is 2. The molecule has 1 atom stereocenters. The van der Waals surface area contributed by atoms with Crippen molar-refractivity contribution in [1.29, 1.82) is 0 Å². The highest BCUT2D eigenvalue weighted by Crippen LogP contribution is 2.51. The van der Waals surface area contributed by atoms with E-state index in [0.29, 0.717) is 32.6 Å². The Kier molecular flexibility index (Phi) is 6.21. The molecule has 2 aromatic heterocycles. The monoisotopic (exact) mass is 574 g/mol. The fourth-order valence-corrected chi connectivity index (χ4v) is 5.03. The van der Waals surface area contributed by atoms with Gasteiger partial charge in [-0.2, -0.15) is 8.78 Å². The topological polar surface area (TPSA) is 115 Å². The second-order valence-electron chi connectivity index (χ2n) is 9.22. The molecule has 200 valence electrons. The lowest BCUT2D eigenvalue weighted by Gasteiger charge is -2.21. The molecule has 0 amide bonds. The predicted octanol–water partition coefficient (Wildman–Crippen LogP) is 7.13. The quantitative estimate of drug-likeness (QED) is 0.250. The number of aliphatic hydroxyl groups excluding tert-OH is 1. The van der Waals surface area contributed by atoms with Gasteiger partial charge in [-0.1, -0.05) is 40.5 Å². The molecule has 1 unspecified atom stereocenters. The smallest absolute Gasteiger partial charge is 0.335 e. The summed E-state index contributed by atoms with van der Waals surface area (Å²) < 4.78 is 47.9. The van der Waals surface area contributed by atoms with Gasteiger partial charge in [0.25, 0.3) is 0 Å². The van der Waals surface area contributed by atoms with Crippen LogP contribution in [0.25, 0.3) is 11.3 Å². The van der Waals surface area contributed by atoms with Crippen molar-refractivity contribution in [3.05, 3.63) is 86.7 Å². The van der Waals surface area contributed by atoms with Crippen molar-refractivity contribution in [3.63, 3.8) is 0 Å². The Balaban J connectivity index is 1.34. The molecule has 6 rings (SSSR count). The highest BCUT2D eigenvalue weighted by Gasteiger charge is 2.49. The van der Waals surface area contributed by atoms with Gasteiger partial charge in [-0.25, -0.2) is 9.78 Å². The van der Waals surface area contributed by atoms with Crippen LogP contribution in [0.2, 0.25) is 10.0 Å². The van der Waals surface area contributed by atoms with Crippen LogP contribution < -0.4 is 9.47 Å². The predicted molar refractivity (Wildman–Crippen MR) is 135 cm³/mol. The molecule has 2 aliphatic rings. The zero-order valence-electron chi connectivity index (χ0n) is 19.8. The number of aliphatic hydroxyl groups is 1. The van der Waals surface area contributed by atoms with E-state index in [0.717, 1.165) is 31.0 Å². The summed E-state index contributed by atoms with van der Waals surface area (Å²) in [7, 11) is 0. The number of carboxylic acids is 1. The summed E-state index contributed by atoms with van der Waals surface area (Å²) in [5.74, 6) is -5.13. The van der Waals surface area contributed by atoms with E-state index in [9.17, 15) is 15.0 Å². The number of alkyl halides is 2. The molecule has 39 heavy (non-hydrogen) atoms. The lowest BCUT2D eigenvalue weighted by atomic mass is 9.99. The molecule has 8 nitrogen and oxygen atoms in total. The number of carboxylic acid groups (broad SMARTS) is 1. The van der Waals surface area contributed by atoms with Gasteiger partial charge in [0.2, 0.25) is 5.88 Å². The van der Waals surface area contributed by atoms with Crippen LogP contribution in [0.15, 0.2) is 53.1 Å². The molecule has 0 radical (unpaired) electrons. The molecule has 1 aliphatic heterocycles. The second kappa shape index (κ2) is 9.48. The maximum Gasteiger partial charge on any atom is 0.335 e. The molecular weight excluding hydrogens is 557 g/mol. The number of carbonyl (C=O) groups is 1. The number of pyridine rings is 1. The van der Waals surface area contributed by atoms with Gasteiger partial charge in [0, 0.05) is 23.1 Å². The Hall–Kier alpha value is -3.73. The van der Waals surface area contributed by atoms with Crippen LogP contribution >= 0.6 is 23.2 Å². The van der Waals surface area contributed by atoms with Crippen LogP contribution in [0.5, 0.6) is 17.4 Å². The third-order valence-corrected chi connectivity index (χ3v) is 7.23. The molecule has 0 spiro atoms. The number of aromatic carboxylic acids is 1. The maximum absolute atomic E-state index is 15.4. The van der Waals surface area contributed by atoms with Gasteiger partial charge in [-0.15, -0.1) is 0 Å². The third kappa shape index (κ3) is 4.48. The minimum absolute atomic E-state index is 0.130. The van der Waals surface area contributed by atoms with Crippen molar-refractivity contribution in [1.82, 2.24) is 10.1 Å². The summed E-state index contributed by atoms with van der Waals surface area (Å²) in [5, 5.41) is 24.7. The summed E-state index contributed by atoms with van der Waals surface area (Å²) in [6.07, 6.45) is -0.533. The van der Waals surface area contributed by atoms with Crippen LogP contribution in [0.4, 0.5) is 8.78 Å². The van der Waals surface area contributed by atoms with Crippen molar-refractivity contribution < 1.29 is 37.8 Å². The molecule has 1 fully saturated rings. The summed E-state index contributed by atoms with van der Waals surface area (Å²) in [4.78, 5) is 15.3. The fourth-order valence-electron chi connectivity index (χ4n) is 4.45. The summed E-state index contributed by atoms with van der Waals surface area (Å²) in [6.45, 7) is -0.130. The van der Waals surface area contributed by atoms with Gasteiger partial charge in [-0.3, -0.25) is 0 Å². The fraction of sp³-hybridized carbons (Fsp3) is 0.222. The maximum atomic E-state index is 15.4. The van der Waals surface area contributed by atoms with Gasteiger partial charge >= 0.3 is 11.9 Å². The van der Waals surface area contributed by atoms with E-state index in [1.807, 2.05) is 0 Å². The number of halogens is 4. The Bertz CT molecular complexity index is 1600. The first-order chi connectivity index (χ1) is 18.6. The molecule has 3 heterocycles. The molecular formula is C27H18Cl2F2N2O6. The summed E-state index contributed by atoms with van der Waals surface area (Å²) in [6, 6.07) is 10.9. The number of nitrogens with zero attached hydrogens (tertiary/aromatic N) is 2. The Labute approximate surface area is 229 Å². The highest BCUT2D eigenvalue weighted by molar-refractivity contribution is 6.39. The average molecular weight is 575 g/mol. The number of ether oxygens (including phenoxy) is 2. The second-order valence-corrected chi connectivity index (χ2v) is 10.0. The van der Waals surface area contributed by atoms with Gasteiger partial charge < -0.3 is 24.2 Å². The Morgan fingerprint density at radius 1 is 1.10 bits per heavy atom. The van der Waals surface area contributed by atoms with Crippen molar-refractivity contribution >= 4 is 29.2 Å². The van der Waals surface area contributed by atoms with Gasteiger partial charge in [0.05, 0.1) is 21.2 Å². The van der Waals surface area contributed by atoms with Crippen LogP contribution in [-0.4, -0.2) is 26.3 Å². The average Bonchev–Trinajstić information content (AvgIpc) is 3.68. The van der Waals surface area contributed by atoms with Crippen molar-refractivity contribution in [3.8, 4) is 28.6 Å². The summed E-state index contributed by atoms with van der Waals surface area (Å²) in [5.41, 5.74) is 0.103. The SMILES string of the molecule is O=C(O)c1ccc2c(c1)Oc1ccc(OCc3c(-c4c(Cl)cccc4Cl)noc3C3CC3)nc1C(F)(F)C2O. The minimum atomic E-state index is -3.88. The molecule has 1 aliphatic carbocycles. The van der Waals surface area contributed by atoms with Crippen LogP contribution in [0.3, 0.4) is 0 Å². The first-order valence-corrected chi connectivity index (χ1v) is 12.6. The molecule has 0 bridgehead atoms. The zero-order valence-corrected chi connectivity index (χ0v) is 21.3. The van der Waals surface area contributed by atoms with Gasteiger partial charge in [-0.05, 0) is 43.2 Å². The molecule has 1 saturated carbocycles. The highest BCUT2D eigenvalue weighted by atomic mass is 35.5. The van der Waals surface area contributed by atoms with Crippen molar-refractivity contribution in [2.75, 3.05) is 0 Å². The largest absolute Gasteiger partial charge is 0.478 e. The lowest BCUT2D eigenvalue weighted by Crippen LogP contribution is -2.24. The number of aromatic nitrogens is 2. The number of benzene rings is 2.